The van der Waals surface area contributed by atoms with Gasteiger partial charge in [0.25, 0.3) is 5.91 Å². The van der Waals surface area contributed by atoms with E-state index in [2.05, 4.69) is 14.9 Å². The zero-order valence-corrected chi connectivity index (χ0v) is 16.0. The average molecular weight is 376 g/mol. The number of aryl methyl sites for hydroxylation is 1. The maximum absolute atomic E-state index is 12.5. The monoisotopic (exact) mass is 376 g/mol. The number of hydrogen-bond acceptors (Lipinski definition) is 3. The topological polar surface area (TPSA) is 67.2 Å². The van der Waals surface area contributed by atoms with Gasteiger partial charge in [-0.3, -0.25) is 14.2 Å². The van der Waals surface area contributed by atoms with Crippen molar-refractivity contribution in [3.63, 3.8) is 0 Å². The van der Waals surface area contributed by atoms with Gasteiger partial charge in [0.15, 0.2) is 0 Å². The number of imidazole rings is 1. The van der Waals surface area contributed by atoms with E-state index in [1.165, 1.54) is 0 Å². The lowest BCUT2D eigenvalue weighted by Crippen LogP contribution is -2.30. The van der Waals surface area contributed by atoms with Crippen LogP contribution in [-0.4, -0.2) is 45.9 Å². The first-order chi connectivity index (χ1) is 13.6. The minimum atomic E-state index is -0.110. The van der Waals surface area contributed by atoms with Crippen LogP contribution in [0.3, 0.4) is 0 Å². The molecule has 1 saturated heterocycles. The van der Waals surface area contributed by atoms with Crippen molar-refractivity contribution in [2.75, 3.05) is 19.6 Å². The van der Waals surface area contributed by atoms with Crippen molar-refractivity contribution < 1.29 is 9.59 Å². The molecule has 1 fully saturated rings. The highest BCUT2D eigenvalue weighted by atomic mass is 16.2. The largest absolute Gasteiger partial charge is 0.352 e. The van der Waals surface area contributed by atoms with Crippen LogP contribution >= 0.6 is 0 Å². The molecule has 2 aromatic carbocycles. The highest BCUT2D eigenvalue weighted by molar-refractivity contribution is 5.97. The number of benzene rings is 2. The third-order valence-electron chi connectivity index (χ3n) is 5.16. The molecule has 1 aliphatic heterocycles. The molecule has 1 N–H and O–H groups in total. The van der Waals surface area contributed by atoms with E-state index in [0.29, 0.717) is 25.1 Å². The Labute approximate surface area is 164 Å². The van der Waals surface area contributed by atoms with E-state index in [9.17, 15) is 9.59 Å². The number of aromatic nitrogens is 2. The molecule has 4 rings (SSSR count). The lowest BCUT2D eigenvalue weighted by atomic mass is 10.2. The van der Waals surface area contributed by atoms with Gasteiger partial charge in [0.2, 0.25) is 5.91 Å². The Morgan fingerprint density at radius 3 is 2.75 bits per heavy atom. The molecule has 0 aliphatic carbocycles. The highest BCUT2D eigenvalue weighted by Gasteiger charge is 2.19. The van der Waals surface area contributed by atoms with Crippen molar-refractivity contribution in [2.45, 2.75) is 26.2 Å². The van der Waals surface area contributed by atoms with Crippen LogP contribution in [0.5, 0.6) is 0 Å². The second kappa shape index (κ2) is 7.84. The van der Waals surface area contributed by atoms with Crippen LogP contribution in [0, 0.1) is 6.92 Å². The summed E-state index contributed by atoms with van der Waals surface area (Å²) in [4.78, 5) is 30.6. The van der Waals surface area contributed by atoms with Gasteiger partial charge >= 0.3 is 0 Å². The summed E-state index contributed by atoms with van der Waals surface area (Å²) in [7, 11) is 0. The first-order valence-corrected chi connectivity index (χ1v) is 9.74. The van der Waals surface area contributed by atoms with Crippen molar-refractivity contribution in [3.8, 4) is 5.69 Å². The molecular formula is C22H24N4O2. The minimum Gasteiger partial charge on any atom is -0.352 e. The number of nitrogens with zero attached hydrogens (tertiary/aromatic N) is 3. The fourth-order valence-corrected chi connectivity index (χ4v) is 3.76. The Morgan fingerprint density at radius 1 is 1.18 bits per heavy atom. The molecule has 28 heavy (non-hydrogen) atoms. The summed E-state index contributed by atoms with van der Waals surface area (Å²) in [5, 5.41) is 2.94. The SMILES string of the molecule is Cc1nc2cc(C(=O)NCCCN3CCCC3=O)ccc2n1-c1ccccc1. The van der Waals surface area contributed by atoms with Crippen LogP contribution in [0.1, 0.15) is 35.4 Å². The molecule has 1 aromatic heterocycles. The Morgan fingerprint density at radius 2 is 2.00 bits per heavy atom. The van der Waals surface area contributed by atoms with E-state index in [1.54, 1.807) is 0 Å². The van der Waals surface area contributed by atoms with Gasteiger partial charge in [0, 0.05) is 37.3 Å². The van der Waals surface area contributed by atoms with Gasteiger partial charge in [0.05, 0.1) is 11.0 Å². The molecule has 2 heterocycles. The molecule has 0 unspecified atom stereocenters. The lowest BCUT2D eigenvalue weighted by molar-refractivity contribution is -0.127. The quantitative estimate of drug-likeness (QED) is 0.673. The number of carbonyl (C=O) groups is 2. The van der Waals surface area contributed by atoms with Gasteiger partial charge in [-0.25, -0.2) is 4.98 Å². The molecule has 0 saturated carbocycles. The van der Waals surface area contributed by atoms with E-state index in [4.69, 9.17) is 0 Å². The van der Waals surface area contributed by atoms with E-state index < -0.39 is 0 Å². The van der Waals surface area contributed by atoms with Crippen LogP contribution in [-0.2, 0) is 4.79 Å². The minimum absolute atomic E-state index is 0.110. The van der Waals surface area contributed by atoms with Gasteiger partial charge < -0.3 is 10.2 Å². The summed E-state index contributed by atoms with van der Waals surface area (Å²) in [6.07, 6.45) is 2.36. The fourth-order valence-electron chi connectivity index (χ4n) is 3.76. The molecule has 0 radical (unpaired) electrons. The molecule has 0 bridgehead atoms. The second-order valence-corrected chi connectivity index (χ2v) is 7.13. The second-order valence-electron chi connectivity index (χ2n) is 7.13. The molecule has 6 heteroatoms. The van der Waals surface area contributed by atoms with E-state index in [-0.39, 0.29) is 11.8 Å². The molecule has 0 spiro atoms. The van der Waals surface area contributed by atoms with E-state index >= 15 is 0 Å². The predicted octanol–water partition coefficient (Wildman–Crippen LogP) is 3.08. The summed E-state index contributed by atoms with van der Waals surface area (Å²) in [6, 6.07) is 15.7. The number of rotatable bonds is 6. The number of nitrogens with one attached hydrogen (secondary N) is 1. The first-order valence-electron chi connectivity index (χ1n) is 9.74. The highest BCUT2D eigenvalue weighted by Crippen LogP contribution is 2.22. The van der Waals surface area contributed by atoms with Crippen LogP contribution < -0.4 is 5.32 Å². The molecular weight excluding hydrogens is 352 g/mol. The van der Waals surface area contributed by atoms with Gasteiger partial charge in [-0.1, -0.05) is 18.2 Å². The first kappa shape index (κ1) is 18.2. The predicted molar refractivity (Wildman–Crippen MR) is 109 cm³/mol. The Hall–Kier alpha value is -3.15. The maximum Gasteiger partial charge on any atom is 0.251 e. The maximum atomic E-state index is 12.5. The van der Waals surface area contributed by atoms with Crippen LogP contribution in [0.2, 0.25) is 0 Å². The molecule has 1 aliphatic rings. The summed E-state index contributed by atoms with van der Waals surface area (Å²) >= 11 is 0. The van der Waals surface area contributed by atoms with Gasteiger partial charge in [-0.05, 0) is 50.1 Å². The normalized spacial score (nSPS) is 14.0. The van der Waals surface area contributed by atoms with Crippen LogP contribution in [0.15, 0.2) is 48.5 Å². The Balaban J connectivity index is 1.43. The summed E-state index contributed by atoms with van der Waals surface area (Å²) in [5.41, 5.74) is 3.43. The average Bonchev–Trinajstić information content (AvgIpc) is 3.26. The number of likely N-dealkylation sites (tertiary alicyclic amines) is 1. The number of para-hydroxylation sites is 1. The standard InChI is InChI=1S/C22H24N4O2/c1-16-24-19-15-17(10-11-20(19)26(16)18-7-3-2-4-8-18)22(28)23-12-6-14-25-13-5-9-21(25)27/h2-4,7-8,10-11,15H,5-6,9,12-14H2,1H3,(H,23,28). The number of amides is 2. The van der Waals surface area contributed by atoms with E-state index in [0.717, 1.165) is 41.9 Å². The van der Waals surface area contributed by atoms with Gasteiger partial charge in [0.1, 0.15) is 5.82 Å². The summed E-state index contributed by atoms with van der Waals surface area (Å²) in [6.45, 7) is 4.07. The van der Waals surface area contributed by atoms with Crippen molar-refractivity contribution in [2.24, 2.45) is 0 Å². The van der Waals surface area contributed by atoms with Gasteiger partial charge in [-0.15, -0.1) is 0 Å². The molecule has 3 aromatic rings. The number of carbonyl (C=O) groups excluding carboxylic acids is 2. The van der Waals surface area contributed by atoms with Crippen LogP contribution in [0.4, 0.5) is 0 Å². The smallest absolute Gasteiger partial charge is 0.251 e. The Kier molecular flexibility index (Phi) is 5.10. The van der Waals surface area contributed by atoms with Crippen molar-refractivity contribution in [1.29, 1.82) is 0 Å². The van der Waals surface area contributed by atoms with Crippen molar-refractivity contribution in [3.05, 3.63) is 59.9 Å². The fraction of sp³-hybridized carbons (Fsp3) is 0.318. The Bertz CT molecular complexity index is 1010. The van der Waals surface area contributed by atoms with E-state index in [1.807, 2.05) is 60.4 Å². The van der Waals surface area contributed by atoms with Crippen molar-refractivity contribution in [1.82, 2.24) is 19.8 Å². The summed E-state index contributed by atoms with van der Waals surface area (Å²) < 4.78 is 2.09. The third-order valence-corrected chi connectivity index (χ3v) is 5.16. The number of fused-ring (bicyclic) bond motifs is 1. The number of hydrogen-bond donors (Lipinski definition) is 1. The zero-order valence-electron chi connectivity index (χ0n) is 16.0. The summed E-state index contributed by atoms with van der Waals surface area (Å²) in [5.74, 6) is 0.997. The van der Waals surface area contributed by atoms with Crippen molar-refractivity contribution >= 4 is 22.8 Å². The van der Waals surface area contributed by atoms with Crippen LogP contribution in [0.25, 0.3) is 16.7 Å². The molecule has 6 nitrogen and oxygen atoms in total. The zero-order chi connectivity index (χ0) is 19.5. The molecule has 2 amide bonds. The molecule has 144 valence electrons. The molecule has 0 atom stereocenters. The third kappa shape index (κ3) is 3.63. The van der Waals surface area contributed by atoms with Gasteiger partial charge in [-0.2, -0.15) is 0 Å². The lowest BCUT2D eigenvalue weighted by Gasteiger charge is -2.15.